The van der Waals surface area contributed by atoms with Gasteiger partial charge in [-0.3, -0.25) is 0 Å². The Kier molecular flexibility index (Phi) is 2.93. The van der Waals surface area contributed by atoms with E-state index in [1.807, 2.05) is 24.3 Å². The molecule has 4 nitrogen and oxygen atoms in total. The zero-order valence-electron chi connectivity index (χ0n) is 11.0. The molecule has 0 atom stereocenters. The molecule has 0 unspecified atom stereocenters. The highest BCUT2D eigenvalue weighted by atomic mass is 32.2. The quantitative estimate of drug-likeness (QED) is 0.536. The van der Waals surface area contributed by atoms with Crippen LogP contribution in [0.1, 0.15) is 22.7 Å². The normalized spacial score (nSPS) is 13.8. The fraction of sp³-hybridized carbons (Fsp3) is 0.286. The van der Waals surface area contributed by atoms with E-state index in [1.165, 1.54) is 40.4 Å². The predicted molar refractivity (Wildman–Crippen MR) is 80.3 cm³/mol. The molecule has 0 radical (unpaired) electrons. The van der Waals surface area contributed by atoms with E-state index in [0.717, 1.165) is 27.3 Å². The van der Waals surface area contributed by atoms with Crippen molar-refractivity contribution < 1.29 is 0 Å². The van der Waals surface area contributed by atoms with Crippen LogP contribution in [0.25, 0.3) is 10.2 Å². The van der Waals surface area contributed by atoms with E-state index >= 15 is 0 Å². The number of aryl methyl sites for hydroxylation is 3. The van der Waals surface area contributed by atoms with Gasteiger partial charge >= 0.3 is 0 Å². The summed E-state index contributed by atoms with van der Waals surface area (Å²) in [4.78, 5) is 20.4. The van der Waals surface area contributed by atoms with Crippen LogP contribution in [0.2, 0.25) is 0 Å². The van der Waals surface area contributed by atoms with Crippen molar-refractivity contribution in [3.8, 4) is 0 Å². The number of hydrogen-bond donors (Lipinski definition) is 0. The fourth-order valence-electron chi connectivity index (χ4n) is 2.56. The highest BCUT2D eigenvalue weighted by Crippen LogP contribution is 2.41. The fourth-order valence-corrected chi connectivity index (χ4v) is 4.83. The molecule has 0 amide bonds. The van der Waals surface area contributed by atoms with E-state index in [-0.39, 0.29) is 0 Å². The van der Waals surface area contributed by atoms with E-state index in [2.05, 4.69) is 19.9 Å². The van der Waals surface area contributed by atoms with Crippen LogP contribution in [0.5, 0.6) is 0 Å². The molecule has 3 aromatic heterocycles. The number of aromatic nitrogens is 4. The van der Waals surface area contributed by atoms with Gasteiger partial charge in [0.2, 0.25) is 0 Å². The van der Waals surface area contributed by atoms with Gasteiger partial charge in [-0.05, 0) is 49.6 Å². The number of hydrogen-bond acceptors (Lipinski definition) is 6. The van der Waals surface area contributed by atoms with Gasteiger partial charge in [0.15, 0.2) is 5.16 Å². The summed E-state index contributed by atoms with van der Waals surface area (Å²) < 4.78 is 0. The Labute approximate surface area is 124 Å². The SMILES string of the molecule is Cc1nc(Sc2ncccn2)c2c3c(sc2n1)CCC3. The highest BCUT2D eigenvalue weighted by molar-refractivity contribution is 7.99. The Morgan fingerprint density at radius 3 is 2.85 bits per heavy atom. The molecule has 100 valence electrons. The maximum absolute atomic E-state index is 4.62. The van der Waals surface area contributed by atoms with Crippen LogP contribution in [-0.4, -0.2) is 19.9 Å². The lowest BCUT2D eigenvalue weighted by Gasteiger charge is -2.04. The van der Waals surface area contributed by atoms with Crippen LogP contribution < -0.4 is 0 Å². The molecule has 3 aromatic rings. The van der Waals surface area contributed by atoms with Crippen LogP contribution in [0, 0.1) is 6.92 Å². The first-order chi connectivity index (χ1) is 9.81. The minimum Gasteiger partial charge on any atom is -0.231 e. The van der Waals surface area contributed by atoms with Crippen molar-refractivity contribution in [1.29, 1.82) is 0 Å². The van der Waals surface area contributed by atoms with Crippen LogP contribution in [0.3, 0.4) is 0 Å². The molecule has 1 aliphatic carbocycles. The van der Waals surface area contributed by atoms with Gasteiger partial charge in [0.1, 0.15) is 15.7 Å². The second kappa shape index (κ2) is 4.79. The number of nitrogens with zero attached hydrogens (tertiary/aromatic N) is 4. The molecule has 0 saturated carbocycles. The van der Waals surface area contributed by atoms with E-state index < -0.39 is 0 Å². The lowest BCUT2D eigenvalue weighted by Crippen LogP contribution is -1.93. The van der Waals surface area contributed by atoms with Crippen LogP contribution in [0.15, 0.2) is 28.6 Å². The first kappa shape index (κ1) is 12.2. The average Bonchev–Trinajstić information content (AvgIpc) is 2.99. The van der Waals surface area contributed by atoms with Crippen LogP contribution >= 0.6 is 23.1 Å². The molecule has 0 aliphatic heterocycles. The summed E-state index contributed by atoms with van der Waals surface area (Å²) in [5.74, 6) is 0.816. The molecule has 1 aliphatic rings. The summed E-state index contributed by atoms with van der Waals surface area (Å²) in [5.41, 5.74) is 1.45. The first-order valence-electron chi connectivity index (χ1n) is 6.55. The van der Waals surface area contributed by atoms with Gasteiger partial charge in [0.05, 0.1) is 0 Å². The molecular formula is C14H12N4S2. The third-order valence-corrected chi connectivity index (χ3v) is 5.44. The van der Waals surface area contributed by atoms with E-state index in [1.54, 1.807) is 12.4 Å². The van der Waals surface area contributed by atoms with Gasteiger partial charge in [-0.2, -0.15) is 0 Å². The molecule has 6 heteroatoms. The molecule has 0 N–H and O–H groups in total. The summed E-state index contributed by atoms with van der Waals surface area (Å²) in [5, 5.41) is 2.97. The zero-order valence-corrected chi connectivity index (χ0v) is 12.6. The Balaban J connectivity index is 1.89. The predicted octanol–water partition coefficient (Wildman–Crippen LogP) is 3.43. The van der Waals surface area contributed by atoms with Crippen molar-refractivity contribution in [3.05, 3.63) is 34.7 Å². The van der Waals surface area contributed by atoms with Crippen molar-refractivity contribution in [2.75, 3.05) is 0 Å². The summed E-state index contributed by atoms with van der Waals surface area (Å²) in [6.07, 6.45) is 7.10. The van der Waals surface area contributed by atoms with Crippen molar-refractivity contribution in [2.24, 2.45) is 0 Å². The van der Waals surface area contributed by atoms with Crippen molar-refractivity contribution >= 4 is 33.3 Å². The molecule has 20 heavy (non-hydrogen) atoms. The van der Waals surface area contributed by atoms with Crippen molar-refractivity contribution in [3.63, 3.8) is 0 Å². The molecule has 4 rings (SSSR count). The van der Waals surface area contributed by atoms with Gasteiger partial charge in [0.25, 0.3) is 0 Å². The minimum atomic E-state index is 0.741. The highest BCUT2D eigenvalue weighted by Gasteiger charge is 2.22. The maximum atomic E-state index is 4.62. The molecule has 0 spiro atoms. The Hall–Kier alpha value is -1.53. The summed E-state index contributed by atoms with van der Waals surface area (Å²) >= 11 is 3.36. The Morgan fingerprint density at radius 2 is 2.00 bits per heavy atom. The maximum Gasteiger partial charge on any atom is 0.193 e. The van der Waals surface area contributed by atoms with Crippen molar-refractivity contribution in [2.45, 2.75) is 36.4 Å². The standard InChI is InChI=1S/C14H12N4S2/c1-8-17-12-11(9-4-2-5-10(9)19-12)13(18-8)20-14-15-6-3-7-16-14/h3,6-7H,2,4-5H2,1H3. The smallest absolute Gasteiger partial charge is 0.193 e. The van der Waals surface area contributed by atoms with E-state index in [0.29, 0.717) is 0 Å². The third kappa shape index (κ3) is 1.99. The zero-order chi connectivity index (χ0) is 13.5. The topological polar surface area (TPSA) is 51.6 Å². The molecule has 0 saturated heterocycles. The van der Waals surface area contributed by atoms with Gasteiger partial charge in [0, 0.05) is 22.7 Å². The molecule has 0 aromatic carbocycles. The second-order valence-corrected chi connectivity index (χ2v) is 6.79. The molecule has 0 fully saturated rings. The largest absolute Gasteiger partial charge is 0.231 e. The van der Waals surface area contributed by atoms with Crippen LogP contribution in [-0.2, 0) is 12.8 Å². The summed E-state index contributed by atoms with van der Waals surface area (Å²) in [6, 6.07) is 1.83. The molecule has 3 heterocycles. The summed E-state index contributed by atoms with van der Waals surface area (Å²) in [6.45, 7) is 1.94. The Bertz CT molecular complexity index is 783. The number of fused-ring (bicyclic) bond motifs is 3. The van der Waals surface area contributed by atoms with E-state index in [4.69, 9.17) is 0 Å². The summed E-state index contributed by atoms with van der Waals surface area (Å²) in [7, 11) is 0. The minimum absolute atomic E-state index is 0.741. The Morgan fingerprint density at radius 1 is 1.15 bits per heavy atom. The number of thiophene rings is 1. The van der Waals surface area contributed by atoms with E-state index in [9.17, 15) is 0 Å². The first-order valence-corrected chi connectivity index (χ1v) is 8.18. The van der Waals surface area contributed by atoms with Crippen LogP contribution in [0.4, 0.5) is 0 Å². The van der Waals surface area contributed by atoms with Gasteiger partial charge in [-0.1, -0.05) is 0 Å². The van der Waals surface area contributed by atoms with Crippen molar-refractivity contribution in [1.82, 2.24) is 19.9 Å². The number of rotatable bonds is 2. The average molecular weight is 300 g/mol. The third-order valence-electron chi connectivity index (χ3n) is 3.37. The lowest BCUT2D eigenvalue weighted by atomic mass is 10.2. The lowest BCUT2D eigenvalue weighted by molar-refractivity contribution is 0.913. The monoisotopic (exact) mass is 300 g/mol. The van der Waals surface area contributed by atoms with Gasteiger partial charge in [-0.25, -0.2) is 19.9 Å². The molecular weight excluding hydrogens is 288 g/mol. The van der Waals surface area contributed by atoms with Gasteiger partial charge < -0.3 is 0 Å². The van der Waals surface area contributed by atoms with Gasteiger partial charge in [-0.15, -0.1) is 11.3 Å². The second-order valence-electron chi connectivity index (χ2n) is 4.75. The molecule has 0 bridgehead atoms.